The molecular formula is C16H33NO2S. The molecule has 0 amide bonds. The van der Waals surface area contributed by atoms with Crippen molar-refractivity contribution in [1.82, 2.24) is 5.32 Å². The van der Waals surface area contributed by atoms with Gasteiger partial charge in [0.25, 0.3) is 0 Å². The molecule has 1 unspecified atom stereocenters. The van der Waals surface area contributed by atoms with Gasteiger partial charge in [-0.05, 0) is 72.1 Å². The van der Waals surface area contributed by atoms with Crippen LogP contribution in [0.4, 0.5) is 0 Å². The molecule has 1 aliphatic carbocycles. The van der Waals surface area contributed by atoms with E-state index in [-0.39, 0.29) is 11.0 Å². The summed E-state index contributed by atoms with van der Waals surface area (Å²) in [6.07, 6.45) is 3.26. The average molecular weight is 304 g/mol. The fraction of sp³-hybridized carbons (Fsp3) is 1.00. The van der Waals surface area contributed by atoms with E-state index in [1.165, 1.54) is 12.8 Å². The number of rotatable bonds is 6. The predicted molar refractivity (Wildman–Crippen MR) is 86.7 cm³/mol. The maximum atomic E-state index is 12.3. The van der Waals surface area contributed by atoms with E-state index in [1.54, 1.807) is 20.8 Å². The zero-order chi connectivity index (χ0) is 15.8. The minimum atomic E-state index is -3.02. The van der Waals surface area contributed by atoms with E-state index in [0.717, 1.165) is 13.0 Å². The van der Waals surface area contributed by atoms with Crippen LogP contribution < -0.4 is 5.32 Å². The molecule has 1 saturated carbocycles. The van der Waals surface area contributed by atoms with Gasteiger partial charge in [-0.25, -0.2) is 8.42 Å². The Hall–Kier alpha value is -0.0900. The van der Waals surface area contributed by atoms with E-state index in [0.29, 0.717) is 11.7 Å². The standard InChI is InChI=1S/C16H33NO2S/c1-14(2,3)17-12-16(7,13-8-9-13)10-11-20(18,19)15(4,5)6/h13,17H,8-12H2,1-7H3. The highest BCUT2D eigenvalue weighted by atomic mass is 32.2. The zero-order valence-electron chi connectivity index (χ0n) is 14.3. The van der Waals surface area contributed by atoms with E-state index in [1.807, 2.05) is 0 Å². The van der Waals surface area contributed by atoms with Crippen molar-refractivity contribution in [3.63, 3.8) is 0 Å². The Morgan fingerprint density at radius 2 is 1.50 bits per heavy atom. The first kappa shape index (κ1) is 18.0. The van der Waals surface area contributed by atoms with Crippen molar-refractivity contribution < 1.29 is 8.42 Å². The zero-order valence-corrected chi connectivity index (χ0v) is 15.2. The van der Waals surface area contributed by atoms with Gasteiger partial charge in [-0.15, -0.1) is 0 Å². The quantitative estimate of drug-likeness (QED) is 0.818. The van der Waals surface area contributed by atoms with E-state index >= 15 is 0 Å². The van der Waals surface area contributed by atoms with Crippen LogP contribution in [0.1, 0.15) is 67.7 Å². The number of hydrogen-bond donors (Lipinski definition) is 1. The molecule has 4 heteroatoms. The van der Waals surface area contributed by atoms with Crippen LogP contribution in [-0.2, 0) is 9.84 Å². The maximum Gasteiger partial charge on any atom is 0.155 e. The summed E-state index contributed by atoms with van der Waals surface area (Å²) < 4.78 is 24.0. The second-order valence-electron chi connectivity index (χ2n) is 8.71. The van der Waals surface area contributed by atoms with Crippen molar-refractivity contribution in [2.24, 2.45) is 11.3 Å². The van der Waals surface area contributed by atoms with Crippen molar-refractivity contribution in [1.29, 1.82) is 0 Å². The van der Waals surface area contributed by atoms with Gasteiger partial charge in [0.05, 0.1) is 10.5 Å². The van der Waals surface area contributed by atoms with Crippen molar-refractivity contribution in [2.75, 3.05) is 12.3 Å². The van der Waals surface area contributed by atoms with E-state index in [2.05, 4.69) is 33.0 Å². The highest BCUT2D eigenvalue weighted by molar-refractivity contribution is 7.92. The SMILES string of the molecule is CC(C)(C)NCC(C)(CCS(=O)(=O)C(C)(C)C)C1CC1. The summed E-state index contributed by atoms with van der Waals surface area (Å²) in [7, 11) is -3.02. The molecule has 1 fully saturated rings. The molecule has 0 radical (unpaired) electrons. The molecule has 0 spiro atoms. The third-order valence-electron chi connectivity index (χ3n) is 4.46. The van der Waals surface area contributed by atoms with Gasteiger partial charge in [-0.1, -0.05) is 6.92 Å². The minimum absolute atomic E-state index is 0.0824. The molecule has 0 aromatic carbocycles. The smallest absolute Gasteiger partial charge is 0.155 e. The van der Waals surface area contributed by atoms with E-state index in [4.69, 9.17) is 0 Å². The maximum absolute atomic E-state index is 12.3. The fourth-order valence-electron chi connectivity index (χ4n) is 2.36. The van der Waals surface area contributed by atoms with Crippen LogP contribution in [0.5, 0.6) is 0 Å². The largest absolute Gasteiger partial charge is 0.312 e. The lowest BCUT2D eigenvalue weighted by atomic mass is 9.81. The Labute approximate surface area is 125 Å². The van der Waals surface area contributed by atoms with Crippen molar-refractivity contribution >= 4 is 9.84 Å². The number of nitrogens with one attached hydrogen (secondary N) is 1. The number of hydrogen-bond acceptors (Lipinski definition) is 3. The molecule has 0 heterocycles. The first-order valence-electron chi connectivity index (χ1n) is 7.74. The van der Waals surface area contributed by atoms with Crippen molar-refractivity contribution in [2.45, 2.75) is 78.0 Å². The van der Waals surface area contributed by atoms with Gasteiger partial charge in [-0.3, -0.25) is 0 Å². The molecule has 0 aromatic rings. The highest BCUT2D eigenvalue weighted by Gasteiger charge is 2.43. The first-order valence-corrected chi connectivity index (χ1v) is 9.39. The monoisotopic (exact) mass is 303 g/mol. The summed E-state index contributed by atoms with van der Waals surface area (Å²) in [4.78, 5) is 0. The molecule has 0 aromatic heterocycles. The molecule has 3 nitrogen and oxygen atoms in total. The Bertz CT molecular complexity index is 424. The van der Waals surface area contributed by atoms with Crippen LogP contribution >= 0.6 is 0 Å². The first-order chi connectivity index (χ1) is 8.77. The summed E-state index contributed by atoms with van der Waals surface area (Å²) in [6.45, 7) is 15.0. The molecule has 1 N–H and O–H groups in total. The summed E-state index contributed by atoms with van der Waals surface area (Å²) >= 11 is 0. The number of sulfone groups is 1. The molecular weight excluding hydrogens is 270 g/mol. The third-order valence-corrected chi connectivity index (χ3v) is 7.07. The summed E-state index contributed by atoms with van der Waals surface area (Å²) in [5, 5.41) is 3.56. The van der Waals surface area contributed by atoms with Gasteiger partial charge in [0.1, 0.15) is 0 Å². The van der Waals surface area contributed by atoms with E-state index < -0.39 is 14.6 Å². The summed E-state index contributed by atoms with van der Waals surface area (Å²) in [5.74, 6) is 0.988. The van der Waals surface area contributed by atoms with Crippen LogP contribution in [0.3, 0.4) is 0 Å². The van der Waals surface area contributed by atoms with Gasteiger partial charge in [0.2, 0.25) is 0 Å². The Morgan fingerprint density at radius 3 is 1.85 bits per heavy atom. The lowest BCUT2D eigenvalue weighted by Crippen LogP contribution is -2.45. The van der Waals surface area contributed by atoms with Crippen molar-refractivity contribution in [3.05, 3.63) is 0 Å². The molecule has 1 rings (SSSR count). The second kappa shape index (κ2) is 5.60. The van der Waals surface area contributed by atoms with Gasteiger partial charge >= 0.3 is 0 Å². The predicted octanol–water partition coefficient (Wildman–Crippen LogP) is 3.39. The minimum Gasteiger partial charge on any atom is -0.312 e. The summed E-state index contributed by atoms with van der Waals surface area (Å²) in [5.41, 5.74) is 0.185. The van der Waals surface area contributed by atoms with Crippen LogP contribution in [-0.4, -0.2) is 31.0 Å². The van der Waals surface area contributed by atoms with Crippen molar-refractivity contribution in [3.8, 4) is 0 Å². The fourth-order valence-corrected chi connectivity index (χ4v) is 3.71. The molecule has 0 bridgehead atoms. The Kier molecular flexibility index (Phi) is 5.03. The molecule has 20 heavy (non-hydrogen) atoms. The Morgan fingerprint density at radius 1 is 1.00 bits per heavy atom. The lowest BCUT2D eigenvalue weighted by Gasteiger charge is -2.35. The van der Waals surface area contributed by atoms with Crippen LogP contribution in [0.25, 0.3) is 0 Å². The molecule has 0 saturated heterocycles. The third kappa shape index (κ3) is 5.03. The van der Waals surface area contributed by atoms with Gasteiger partial charge in [0, 0.05) is 12.1 Å². The molecule has 120 valence electrons. The second-order valence-corrected chi connectivity index (χ2v) is 11.6. The highest BCUT2D eigenvalue weighted by Crippen LogP contribution is 2.47. The van der Waals surface area contributed by atoms with Gasteiger partial charge in [-0.2, -0.15) is 0 Å². The molecule has 1 atom stereocenters. The molecule has 0 aliphatic heterocycles. The lowest BCUT2D eigenvalue weighted by molar-refractivity contribution is 0.221. The average Bonchev–Trinajstić information content (AvgIpc) is 3.05. The molecule has 1 aliphatic rings. The van der Waals surface area contributed by atoms with Gasteiger partial charge < -0.3 is 5.32 Å². The van der Waals surface area contributed by atoms with Crippen LogP contribution in [0.15, 0.2) is 0 Å². The Balaban J connectivity index is 2.69. The van der Waals surface area contributed by atoms with Crippen LogP contribution in [0.2, 0.25) is 0 Å². The van der Waals surface area contributed by atoms with Crippen LogP contribution in [0, 0.1) is 11.3 Å². The topological polar surface area (TPSA) is 46.2 Å². The normalized spacial score (nSPS) is 20.8. The van der Waals surface area contributed by atoms with E-state index in [9.17, 15) is 8.42 Å². The summed E-state index contributed by atoms with van der Waals surface area (Å²) in [6, 6.07) is 0. The van der Waals surface area contributed by atoms with Gasteiger partial charge in [0.15, 0.2) is 9.84 Å².